The quantitative estimate of drug-likeness (QED) is 0.454. The van der Waals surface area contributed by atoms with E-state index in [0.29, 0.717) is 68.3 Å². The predicted molar refractivity (Wildman–Crippen MR) is 108 cm³/mol. The Labute approximate surface area is 168 Å². The lowest BCUT2D eigenvalue weighted by Gasteiger charge is -2.32. The van der Waals surface area contributed by atoms with Crippen molar-refractivity contribution >= 4 is 5.91 Å². The highest BCUT2D eigenvalue weighted by Crippen LogP contribution is 2.39. The molecule has 0 saturated carbocycles. The Kier molecular flexibility index (Phi) is 8.96. The van der Waals surface area contributed by atoms with E-state index in [4.69, 9.17) is 25.4 Å². The van der Waals surface area contributed by atoms with Gasteiger partial charge in [-0.1, -0.05) is 5.92 Å². The largest absolute Gasteiger partial charge is 0.490 e. The second-order valence-corrected chi connectivity index (χ2v) is 6.58. The van der Waals surface area contributed by atoms with E-state index in [1.54, 1.807) is 12.1 Å². The maximum absolute atomic E-state index is 13.2. The molecule has 0 bridgehead atoms. The van der Waals surface area contributed by atoms with Crippen LogP contribution in [0.4, 0.5) is 0 Å². The molecule has 1 aromatic carbocycles. The molecule has 1 aliphatic heterocycles. The molecule has 1 amide bonds. The molecule has 0 radical (unpaired) electrons. The van der Waals surface area contributed by atoms with Gasteiger partial charge >= 0.3 is 0 Å². The average molecular weight is 389 g/mol. The molecule has 154 valence electrons. The Bertz CT molecular complexity index is 655. The fraction of sp³-hybridized carbons (Fsp3) is 0.591. The van der Waals surface area contributed by atoms with Crippen LogP contribution >= 0.6 is 0 Å². The van der Waals surface area contributed by atoms with Gasteiger partial charge in [0, 0.05) is 24.6 Å². The molecular formula is C22H31NO5. The van der Waals surface area contributed by atoms with Gasteiger partial charge in [-0.05, 0) is 45.7 Å². The van der Waals surface area contributed by atoms with Gasteiger partial charge in [-0.25, -0.2) is 0 Å². The molecule has 28 heavy (non-hydrogen) atoms. The number of ether oxygens (including phenoxy) is 4. The zero-order valence-corrected chi connectivity index (χ0v) is 17.2. The van der Waals surface area contributed by atoms with Crippen molar-refractivity contribution in [1.29, 1.82) is 0 Å². The van der Waals surface area contributed by atoms with Gasteiger partial charge < -0.3 is 23.8 Å². The van der Waals surface area contributed by atoms with Gasteiger partial charge in [0.25, 0.3) is 5.91 Å². The first-order chi connectivity index (χ1) is 13.6. The number of benzene rings is 1. The highest BCUT2D eigenvalue weighted by molar-refractivity contribution is 5.95. The average Bonchev–Trinajstić information content (AvgIpc) is 2.70. The zero-order valence-electron chi connectivity index (χ0n) is 17.2. The summed E-state index contributed by atoms with van der Waals surface area (Å²) in [5.41, 5.74) is 0.542. The van der Waals surface area contributed by atoms with Crippen molar-refractivity contribution < 1.29 is 23.7 Å². The monoisotopic (exact) mass is 389 g/mol. The predicted octanol–water partition coefficient (Wildman–Crippen LogP) is 3.38. The maximum Gasteiger partial charge on any atom is 0.254 e. The van der Waals surface area contributed by atoms with Gasteiger partial charge in [0.2, 0.25) is 5.75 Å². The first kappa shape index (κ1) is 21.9. The van der Waals surface area contributed by atoms with Gasteiger partial charge in [-0.2, -0.15) is 0 Å². The Morgan fingerprint density at radius 3 is 2.36 bits per heavy atom. The number of hydrogen-bond acceptors (Lipinski definition) is 5. The maximum atomic E-state index is 13.2. The van der Waals surface area contributed by atoms with Crippen molar-refractivity contribution in [2.75, 3.05) is 46.1 Å². The molecule has 1 aromatic rings. The number of carbonyl (C=O) groups excluding carboxylic acids is 1. The third-order valence-corrected chi connectivity index (χ3v) is 4.50. The number of rotatable bonds is 10. The first-order valence-corrected chi connectivity index (χ1v) is 10.0. The summed E-state index contributed by atoms with van der Waals surface area (Å²) in [7, 11) is 0. The molecular weight excluding hydrogens is 358 g/mol. The van der Waals surface area contributed by atoms with Crippen molar-refractivity contribution in [2.45, 2.75) is 33.6 Å². The van der Waals surface area contributed by atoms with Crippen LogP contribution in [0, 0.1) is 18.3 Å². The second-order valence-electron chi connectivity index (χ2n) is 6.58. The standard InChI is InChI=1S/C22H31NO5/c1-5-12-25-16-17-10-9-11-23(15-17)22(24)18-13-19(26-6-2)21(28-8-4)20(14-18)27-7-3/h1,13-14,17H,6-12,15-16H2,2-4H3. The third kappa shape index (κ3) is 5.80. The van der Waals surface area contributed by atoms with Crippen LogP contribution in [0.25, 0.3) is 0 Å². The fourth-order valence-corrected chi connectivity index (χ4v) is 3.36. The Hall–Kier alpha value is -2.39. The van der Waals surface area contributed by atoms with E-state index >= 15 is 0 Å². The van der Waals surface area contributed by atoms with E-state index < -0.39 is 0 Å². The lowest BCUT2D eigenvalue weighted by atomic mass is 9.98. The van der Waals surface area contributed by atoms with Gasteiger partial charge in [0.15, 0.2) is 11.5 Å². The van der Waals surface area contributed by atoms with Crippen LogP contribution in [0.15, 0.2) is 12.1 Å². The molecule has 1 atom stereocenters. The Balaban J connectivity index is 2.22. The van der Waals surface area contributed by atoms with Crippen LogP contribution in [-0.4, -0.2) is 56.9 Å². The molecule has 1 saturated heterocycles. The summed E-state index contributed by atoms with van der Waals surface area (Å²) in [5.74, 6) is 4.35. The van der Waals surface area contributed by atoms with Crippen molar-refractivity contribution in [3.8, 4) is 29.6 Å². The number of amides is 1. The molecule has 1 heterocycles. The van der Waals surface area contributed by atoms with Gasteiger partial charge in [0.1, 0.15) is 6.61 Å². The van der Waals surface area contributed by atoms with Crippen LogP contribution < -0.4 is 14.2 Å². The van der Waals surface area contributed by atoms with E-state index in [0.717, 1.165) is 19.4 Å². The van der Waals surface area contributed by atoms with Crippen LogP contribution in [0.5, 0.6) is 17.2 Å². The second kappa shape index (κ2) is 11.5. The molecule has 0 spiro atoms. The number of nitrogens with zero attached hydrogens (tertiary/aromatic N) is 1. The molecule has 1 fully saturated rings. The molecule has 6 nitrogen and oxygen atoms in total. The summed E-state index contributed by atoms with van der Waals surface area (Å²) in [6.07, 6.45) is 7.22. The van der Waals surface area contributed by atoms with Crippen LogP contribution in [-0.2, 0) is 4.74 Å². The molecule has 1 aliphatic rings. The van der Waals surface area contributed by atoms with Crippen LogP contribution in [0.2, 0.25) is 0 Å². The summed E-state index contributed by atoms with van der Waals surface area (Å²) in [5, 5.41) is 0. The number of hydrogen-bond donors (Lipinski definition) is 0. The van der Waals surface area contributed by atoms with Crippen LogP contribution in [0.3, 0.4) is 0 Å². The molecule has 0 N–H and O–H groups in total. The van der Waals surface area contributed by atoms with Crippen molar-refractivity contribution in [3.63, 3.8) is 0 Å². The van der Waals surface area contributed by atoms with Crippen molar-refractivity contribution in [2.24, 2.45) is 5.92 Å². The molecule has 0 aliphatic carbocycles. The smallest absolute Gasteiger partial charge is 0.254 e. The van der Waals surface area contributed by atoms with E-state index in [-0.39, 0.29) is 5.91 Å². The normalized spacial score (nSPS) is 16.4. The SMILES string of the molecule is C#CCOCC1CCCN(C(=O)c2cc(OCC)c(OCC)c(OCC)c2)C1. The highest BCUT2D eigenvalue weighted by atomic mass is 16.5. The van der Waals surface area contributed by atoms with Crippen molar-refractivity contribution in [1.82, 2.24) is 4.90 Å². The van der Waals surface area contributed by atoms with Gasteiger partial charge in [-0.3, -0.25) is 4.79 Å². The number of terminal acetylenes is 1. The third-order valence-electron chi connectivity index (χ3n) is 4.50. The number of carbonyl (C=O) groups is 1. The number of likely N-dealkylation sites (tertiary alicyclic amines) is 1. The lowest BCUT2D eigenvalue weighted by Crippen LogP contribution is -2.41. The number of piperidine rings is 1. The Morgan fingerprint density at radius 2 is 1.79 bits per heavy atom. The summed E-state index contributed by atoms with van der Waals surface area (Å²) < 4.78 is 22.6. The molecule has 6 heteroatoms. The molecule has 2 rings (SSSR count). The first-order valence-electron chi connectivity index (χ1n) is 10.0. The van der Waals surface area contributed by atoms with E-state index in [1.807, 2.05) is 25.7 Å². The highest BCUT2D eigenvalue weighted by Gasteiger charge is 2.26. The van der Waals surface area contributed by atoms with Gasteiger partial charge in [-0.15, -0.1) is 6.42 Å². The minimum Gasteiger partial charge on any atom is -0.490 e. The minimum absolute atomic E-state index is 0.0356. The molecule has 1 unspecified atom stereocenters. The minimum atomic E-state index is -0.0356. The topological polar surface area (TPSA) is 57.2 Å². The summed E-state index contributed by atoms with van der Waals surface area (Å²) in [4.78, 5) is 15.0. The summed E-state index contributed by atoms with van der Waals surface area (Å²) in [6, 6.07) is 3.50. The zero-order chi connectivity index (χ0) is 20.4. The van der Waals surface area contributed by atoms with E-state index in [9.17, 15) is 4.79 Å². The summed E-state index contributed by atoms with van der Waals surface area (Å²) in [6.45, 7) is 9.40. The van der Waals surface area contributed by atoms with Gasteiger partial charge in [0.05, 0.1) is 26.4 Å². The van der Waals surface area contributed by atoms with Crippen LogP contribution in [0.1, 0.15) is 44.0 Å². The fourth-order valence-electron chi connectivity index (χ4n) is 3.36. The van der Waals surface area contributed by atoms with E-state index in [2.05, 4.69) is 5.92 Å². The Morgan fingerprint density at radius 1 is 1.14 bits per heavy atom. The van der Waals surface area contributed by atoms with Crippen molar-refractivity contribution in [3.05, 3.63) is 17.7 Å². The lowest BCUT2D eigenvalue weighted by molar-refractivity contribution is 0.0533. The summed E-state index contributed by atoms with van der Waals surface area (Å²) >= 11 is 0. The molecule has 0 aromatic heterocycles. The van der Waals surface area contributed by atoms with E-state index in [1.165, 1.54) is 0 Å².